The van der Waals surface area contributed by atoms with Crippen molar-refractivity contribution in [3.8, 4) is 0 Å². The van der Waals surface area contributed by atoms with Crippen LogP contribution in [0.2, 0.25) is 0 Å². The monoisotopic (exact) mass is 290 g/mol. The van der Waals surface area contributed by atoms with Crippen LogP contribution in [0, 0.1) is 5.41 Å². The van der Waals surface area contributed by atoms with Crippen molar-refractivity contribution in [1.82, 2.24) is 0 Å². The first-order valence-electron chi connectivity index (χ1n) is 7.90. The average molecular weight is 290 g/mol. The Labute approximate surface area is 128 Å². The molecule has 0 saturated heterocycles. The van der Waals surface area contributed by atoms with Crippen molar-refractivity contribution < 1.29 is 0 Å². The lowest BCUT2D eigenvalue weighted by molar-refractivity contribution is 0.227. The van der Waals surface area contributed by atoms with Gasteiger partial charge in [0.25, 0.3) is 0 Å². The van der Waals surface area contributed by atoms with Crippen LogP contribution in [0.15, 0.2) is 24.3 Å². The van der Waals surface area contributed by atoms with E-state index in [1.807, 2.05) is 0 Å². The maximum Gasteiger partial charge on any atom is 0.0604 e. The van der Waals surface area contributed by atoms with Gasteiger partial charge in [-0.05, 0) is 36.1 Å². The van der Waals surface area contributed by atoms with Gasteiger partial charge in [-0.1, -0.05) is 31.4 Å². The van der Waals surface area contributed by atoms with Gasteiger partial charge >= 0.3 is 0 Å². The van der Waals surface area contributed by atoms with E-state index in [4.69, 9.17) is 12.6 Å². The number of rotatable bonds is 3. The largest absolute Gasteiger partial charge is 0.371 e. The first-order valence-corrected chi connectivity index (χ1v) is 8.53. The molecule has 0 radical (unpaired) electrons. The molecule has 3 heteroatoms. The third kappa shape index (κ3) is 2.65. The molecule has 0 amide bonds. The Hall–Kier alpha value is -0.830. The molecule has 0 unspecified atom stereocenters. The topological polar surface area (TPSA) is 6.48 Å². The fourth-order valence-corrected chi connectivity index (χ4v) is 4.22. The van der Waals surface area contributed by atoms with Gasteiger partial charge in [0.05, 0.1) is 11.4 Å². The highest BCUT2D eigenvalue weighted by molar-refractivity contribution is 7.80. The van der Waals surface area contributed by atoms with Crippen molar-refractivity contribution in [1.29, 1.82) is 0 Å². The van der Waals surface area contributed by atoms with Crippen LogP contribution < -0.4 is 9.80 Å². The molecule has 0 N–H and O–H groups in total. The highest BCUT2D eigenvalue weighted by Crippen LogP contribution is 2.41. The van der Waals surface area contributed by atoms with Crippen LogP contribution in [0.4, 0.5) is 11.4 Å². The van der Waals surface area contributed by atoms with E-state index < -0.39 is 0 Å². The van der Waals surface area contributed by atoms with E-state index in [0.29, 0.717) is 5.41 Å². The third-order valence-corrected chi connectivity index (χ3v) is 5.79. The van der Waals surface area contributed by atoms with Crippen molar-refractivity contribution in [3.05, 3.63) is 24.3 Å². The second kappa shape index (κ2) is 5.88. The van der Waals surface area contributed by atoms with Crippen molar-refractivity contribution >= 4 is 24.0 Å². The number of benzene rings is 1. The van der Waals surface area contributed by atoms with Crippen molar-refractivity contribution in [2.75, 3.05) is 42.2 Å². The van der Waals surface area contributed by atoms with Gasteiger partial charge in [0.1, 0.15) is 0 Å². The fraction of sp³-hybridized carbons (Fsp3) is 0.647. The molecule has 2 nitrogen and oxygen atoms in total. The molecular weight excluding hydrogens is 264 g/mol. The maximum atomic E-state index is 4.70. The first kappa shape index (κ1) is 14.1. The van der Waals surface area contributed by atoms with Gasteiger partial charge in [-0.25, -0.2) is 0 Å². The van der Waals surface area contributed by atoms with Gasteiger partial charge in [-0.2, -0.15) is 12.6 Å². The molecule has 0 aromatic heterocycles. The molecule has 1 aliphatic carbocycles. The molecule has 1 heterocycles. The summed E-state index contributed by atoms with van der Waals surface area (Å²) in [5.41, 5.74) is 3.22. The summed E-state index contributed by atoms with van der Waals surface area (Å²) >= 11 is 4.70. The molecule has 1 fully saturated rings. The van der Waals surface area contributed by atoms with E-state index in [0.717, 1.165) is 18.8 Å². The molecule has 0 atom stereocenters. The Morgan fingerprint density at radius 2 is 1.75 bits per heavy atom. The highest BCUT2D eigenvalue weighted by atomic mass is 32.1. The Morgan fingerprint density at radius 1 is 1.05 bits per heavy atom. The van der Waals surface area contributed by atoms with Crippen LogP contribution >= 0.6 is 12.6 Å². The molecule has 0 bridgehead atoms. The summed E-state index contributed by atoms with van der Waals surface area (Å²) in [6, 6.07) is 8.84. The van der Waals surface area contributed by atoms with Gasteiger partial charge < -0.3 is 9.80 Å². The first-order chi connectivity index (χ1) is 9.74. The van der Waals surface area contributed by atoms with Crippen LogP contribution in [-0.2, 0) is 0 Å². The molecular formula is C17H26N2S. The molecule has 2 aliphatic rings. The lowest BCUT2D eigenvalue weighted by Gasteiger charge is -2.44. The standard InChI is InChI=1S/C17H26N2S/c1-18-11-12-19(16-8-4-3-7-15(16)18)13-17(14-20)9-5-2-6-10-17/h3-4,7-8,20H,2,5-6,9-14H2,1H3. The van der Waals surface area contributed by atoms with Crippen LogP contribution in [0.25, 0.3) is 0 Å². The van der Waals surface area contributed by atoms with E-state index in [1.54, 1.807) is 0 Å². The summed E-state index contributed by atoms with van der Waals surface area (Å²) in [6.45, 7) is 3.45. The SMILES string of the molecule is CN1CCN(CC2(CS)CCCCC2)c2ccccc21. The quantitative estimate of drug-likeness (QED) is 0.845. The Balaban J connectivity index is 1.82. The second-order valence-corrected chi connectivity index (χ2v) is 6.87. The number of hydrogen-bond acceptors (Lipinski definition) is 3. The lowest BCUT2D eigenvalue weighted by atomic mass is 9.75. The molecule has 1 aliphatic heterocycles. The highest BCUT2D eigenvalue weighted by Gasteiger charge is 2.34. The maximum absolute atomic E-state index is 4.70. The predicted octanol–water partition coefficient (Wildman–Crippen LogP) is 3.82. The molecule has 20 heavy (non-hydrogen) atoms. The average Bonchev–Trinajstić information content (AvgIpc) is 2.51. The summed E-state index contributed by atoms with van der Waals surface area (Å²) in [7, 11) is 2.20. The zero-order chi connectivity index (χ0) is 14.0. The van der Waals surface area contributed by atoms with Gasteiger partial charge in [-0.15, -0.1) is 0 Å². The van der Waals surface area contributed by atoms with E-state index >= 15 is 0 Å². The molecule has 1 aromatic carbocycles. The summed E-state index contributed by atoms with van der Waals surface area (Å²) in [4.78, 5) is 4.98. The minimum atomic E-state index is 0.435. The summed E-state index contributed by atoms with van der Waals surface area (Å²) in [6.07, 6.45) is 6.89. The molecule has 1 aromatic rings. The van der Waals surface area contributed by atoms with E-state index in [-0.39, 0.29) is 0 Å². The van der Waals surface area contributed by atoms with Gasteiger partial charge in [-0.3, -0.25) is 0 Å². The predicted molar refractivity (Wildman–Crippen MR) is 91.3 cm³/mol. The number of fused-ring (bicyclic) bond motifs is 1. The summed E-state index contributed by atoms with van der Waals surface area (Å²) in [5, 5.41) is 0. The number of likely N-dealkylation sites (N-methyl/N-ethyl adjacent to an activating group) is 1. The van der Waals surface area contributed by atoms with E-state index in [9.17, 15) is 0 Å². The van der Waals surface area contributed by atoms with E-state index in [2.05, 4.69) is 41.1 Å². The Kier molecular flexibility index (Phi) is 4.16. The fourth-order valence-electron chi connectivity index (χ4n) is 3.80. The Bertz CT molecular complexity index is 454. The molecule has 1 saturated carbocycles. The van der Waals surface area contributed by atoms with Crippen molar-refractivity contribution in [2.45, 2.75) is 32.1 Å². The van der Waals surface area contributed by atoms with Crippen LogP contribution in [-0.4, -0.2) is 32.4 Å². The van der Waals surface area contributed by atoms with Gasteiger partial charge in [0.15, 0.2) is 0 Å². The van der Waals surface area contributed by atoms with Crippen molar-refractivity contribution in [2.24, 2.45) is 5.41 Å². The van der Waals surface area contributed by atoms with Gasteiger partial charge in [0, 0.05) is 26.7 Å². The zero-order valence-electron chi connectivity index (χ0n) is 12.5. The van der Waals surface area contributed by atoms with Crippen LogP contribution in [0.5, 0.6) is 0 Å². The van der Waals surface area contributed by atoms with Crippen LogP contribution in [0.1, 0.15) is 32.1 Å². The minimum absolute atomic E-state index is 0.435. The Morgan fingerprint density at radius 3 is 2.45 bits per heavy atom. The number of para-hydroxylation sites is 2. The minimum Gasteiger partial charge on any atom is -0.371 e. The zero-order valence-corrected chi connectivity index (χ0v) is 13.4. The van der Waals surface area contributed by atoms with E-state index in [1.165, 1.54) is 50.0 Å². The second-order valence-electron chi connectivity index (χ2n) is 6.55. The van der Waals surface area contributed by atoms with Gasteiger partial charge in [0.2, 0.25) is 0 Å². The number of hydrogen-bond donors (Lipinski definition) is 1. The molecule has 0 spiro atoms. The number of anilines is 2. The number of nitrogens with zero attached hydrogens (tertiary/aromatic N) is 2. The van der Waals surface area contributed by atoms with Crippen molar-refractivity contribution in [3.63, 3.8) is 0 Å². The normalized spacial score (nSPS) is 21.7. The molecule has 110 valence electrons. The van der Waals surface area contributed by atoms with Crippen LogP contribution in [0.3, 0.4) is 0 Å². The summed E-state index contributed by atoms with van der Waals surface area (Å²) < 4.78 is 0. The number of thiol groups is 1. The third-order valence-electron chi connectivity index (χ3n) is 5.11. The smallest absolute Gasteiger partial charge is 0.0604 e. The summed E-state index contributed by atoms with van der Waals surface area (Å²) in [5.74, 6) is 1.03. The molecule has 3 rings (SSSR count). The lowest BCUT2D eigenvalue weighted by Crippen LogP contribution is -2.46.